The Bertz CT molecular complexity index is 726. The number of carboxylic acids is 1. The number of carbonyl (C=O) groups is 1. The first kappa shape index (κ1) is 14.5. The van der Waals surface area contributed by atoms with Crippen molar-refractivity contribution in [1.82, 2.24) is 15.0 Å². The number of hydrogen-bond acceptors (Lipinski definition) is 6. The van der Waals surface area contributed by atoms with Crippen molar-refractivity contribution in [2.75, 3.05) is 14.2 Å². The van der Waals surface area contributed by atoms with Crippen LogP contribution in [0.2, 0.25) is 0 Å². The van der Waals surface area contributed by atoms with Gasteiger partial charge in [0.05, 0.1) is 14.2 Å². The molecular formula is C13H13N3O5. The van der Waals surface area contributed by atoms with Gasteiger partial charge in [-0.25, -0.2) is 9.78 Å². The Balaban J connectivity index is 2.43. The molecule has 0 unspecified atom stereocenters. The lowest BCUT2D eigenvalue weighted by Crippen LogP contribution is -2.16. The third kappa shape index (κ3) is 2.99. The van der Waals surface area contributed by atoms with Crippen LogP contribution in [-0.2, 0) is 6.42 Å². The lowest BCUT2D eigenvalue weighted by atomic mass is 10.1. The zero-order valence-corrected chi connectivity index (χ0v) is 11.4. The van der Waals surface area contributed by atoms with E-state index in [1.165, 1.54) is 20.4 Å². The molecule has 21 heavy (non-hydrogen) atoms. The standard InChI is InChI=1S/C13H13N3O5/c1-20-10-11(17)15-8(16-12(10)21-2)6-7-4-3-5-14-9(7)13(18)19/h3-5H,6H2,1-2H3,(H,18,19)(H,15,16,17). The monoisotopic (exact) mass is 291 g/mol. The van der Waals surface area contributed by atoms with Gasteiger partial charge in [-0.15, -0.1) is 0 Å². The van der Waals surface area contributed by atoms with Gasteiger partial charge in [-0.3, -0.25) is 4.79 Å². The SMILES string of the molecule is COc1nc(Cc2cccnc2C(=O)O)[nH]c(=O)c1OC. The normalized spacial score (nSPS) is 10.2. The summed E-state index contributed by atoms with van der Waals surface area (Å²) in [6.07, 6.45) is 1.49. The highest BCUT2D eigenvalue weighted by atomic mass is 16.5. The van der Waals surface area contributed by atoms with Crippen LogP contribution in [0.25, 0.3) is 0 Å². The van der Waals surface area contributed by atoms with Crippen molar-refractivity contribution in [3.8, 4) is 11.6 Å². The number of hydrogen-bond donors (Lipinski definition) is 2. The number of aromatic amines is 1. The molecule has 0 aliphatic heterocycles. The second kappa shape index (κ2) is 6.04. The first-order valence-electron chi connectivity index (χ1n) is 5.95. The number of H-pyrrole nitrogens is 1. The number of methoxy groups -OCH3 is 2. The highest BCUT2D eigenvalue weighted by molar-refractivity contribution is 5.87. The van der Waals surface area contributed by atoms with Crippen LogP contribution < -0.4 is 15.0 Å². The van der Waals surface area contributed by atoms with Crippen molar-refractivity contribution in [2.24, 2.45) is 0 Å². The van der Waals surface area contributed by atoms with Crippen molar-refractivity contribution in [3.05, 3.63) is 45.8 Å². The molecule has 0 fully saturated rings. The van der Waals surface area contributed by atoms with Crippen molar-refractivity contribution < 1.29 is 19.4 Å². The predicted molar refractivity (Wildman–Crippen MR) is 72.0 cm³/mol. The van der Waals surface area contributed by atoms with E-state index in [0.717, 1.165) is 0 Å². The molecule has 2 N–H and O–H groups in total. The summed E-state index contributed by atoms with van der Waals surface area (Å²) >= 11 is 0. The van der Waals surface area contributed by atoms with E-state index in [-0.39, 0.29) is 29.6 Å². The number of aromatic nitrogens is 3. The van der Waals surface area contributed by atoms with Gasteiger partial charge < -0.3 is 19.6 Å². The molecule has 2 rings (SSSR count). The summed E-state index contributed by atoms with van der Waals surface area (Å²) in [7, 11) is 2.69. The Morgan fingerprint density at radius 3 is 2.76 bits per heavy atom. The Hall–Kier alpha value is -2.90. The second-order valence-corrected chi connectivity index (χ2v) is 4.05. The van der Waals surface area contributed by atoms with E-state index < -0.39 is 11.5 Å². The number of nitrogens with one attached hydrogen (secondary N) is 1. The lowest BCUT2D eigenvalue weighted by Gasteiger charge is -2.08. The summed E-state index contributed by atoms with van der Waals surface area (Å²) in [6.45, 7) is 0. The van der Waals surface area contributed by atoms with Crippen LogP contribution in [0.5, 0.6) is 11.6 Å². The average molecular weight is 291 g/mol. The van der Waals surface area contributed by atoms with Crippen LogP contribution in [-0.4, -0.2) is 40.2 Å². The van der Waals surface area contributed by atoms with Gasteiger partial charge in [-0.2, -0.15) is 4.98 Å². The van der Waals surface area contributed by atoms with Gasteiger partial charge in [-0.1, -0.05) is 6.07 Å². The summed E-state index contributed by atoms with van der Waals surface area (Å²) in [5.74, 6) is -0.885. The van der Waals surface area contributed by atoms with E-state index in [2.05, 4.69) is 15.0 Å². The summed E-state index contributed by atoms with van der Waals surface area (Å²) in [5.41, 5.74) is -0.157. The molecule has 0 spiro atoms. The Kier molecular flexibility index (Phi) is 4.17. The highest BCUT2D eigenvalue weighted by Gasteiger charge is 2.16. The van der Waals surface area contributed by atoms with E-state index in [4.69, 9.17) is 14.6 Å². The molecule has 0 radical (unpaired) electrons. The molecule has 2 aromatic heterocycles. The molecule has 0 aliphatic carbocycles. The Morgan fingerprint density at radius 2 is 2.14 bits per heavy atom. The molecule has 0 amide bonds. The summed E-state index contributed by atoms with van der Waals surface area (Å²) < 4.78 is 9.88. The van der Waals surface area contributed by atoms with Gasteiger partial charge in [0, 0.05) is 12.6 Å². The molecule has 2 heterocycles. The number of carboxylic acid groups (broad SMARTS) is 1. The molecule has 0 saturated carbocycles. The fraction of sp³-hybridized carbons (Fsp3) is 0.231. The fourth-order valence-electron chi connectivity index (χ4n) is 1.84. The number of ether oxygens (including phenoxy) is 2. The van der Waals surface area contributed by atoms with Crippen molar-refractivity contribution in [3.63, 3.8) is 0 Å². The van der Waals surface area contributed by atoms with Crippen molar-refractivity contribution >= 4 is 5.97 Å². The molecule has 110 valence electrons. The van der Waals surface area contributed by atoms with Crippen LogP contribution in [0, 0.1) is 0 Å². The molecule has 0 aliphatic rings. The summed E-state index contributed by atoms with van der Waals surface area (Å²) in [6, 6.07) is 3.22. The minimum atomic E-state index is -1.14. The van der Waals surface area contributed by atoms with Gasteiger partial charge >= 0.3 is 5.97 Å². The minimum Gasteiger partial charge on any atom is -0.487 e. The fourth-order valence-corrected chi connectivity index (χ4v) is 1.84. The quantitative estimate of drug-likeness (QED) is 0.822. The van der Waals surface area contributed by atoms with E-state index in [1.54, 1.807) is 12.1 Å². The van der Waals surface area contributed by atoms with E-state index >= 15 is 0 Å². The predicted octanol–water partition coefficient (Wildman–Crippen LogP) is 0.471. The average Bonchev–Trinajstić information content (AvgIpc) is 2.47. The summed E-state index contributed by atoms with van der Waals surface area (Å²) in [5, 5.41) is 9.08. The lowest BCUT2D eigenvalue weighted by molar-refractivity contribution is 0.0689. The molecular weight excluding hydrogens is 278 g/mol. The van der Waals surface area contributed by atoms with Gasteiger partial charge in [0.25, 0.3) is 11.4 Å². The molecule has 0 saturated heterocycles. The van der Waals surface area contributed by atoms with Crippen LogP contribution in [0.4, 0.5) is 0 Å². The maximum Gasteiger partial charge on any atom is 0.354 e. The molecule has 0 bridgehead atoms. The molecule has 8 nitrogen and oxygen atoms in total. The zero-order valence-electron chi connectivity index (χ0n) is 11.4. The van der Waals surface area contributed by atoms with E-state index in [1.807, 2.05) is 0 Å². The maximum absolute atomic E-state index is 11.8. The van der Waals surface area contributed by atoms with Crippen molar-refractivity contribution in [1.29, 1.82) is 0 Å². The van der Waals surface area contributed by atoms with Gasteiger partial charge in [-0.05, 0) is 11.6 Å². The number of aromatic carboxylic acids is 1. The number of nitrogens with zero attached hydrogens (tertiary/aromatic N) is 2. The smallest absolute Gasteiger partial charge is 0.354 e. The second-order valence-electron chi connectivity index (χ2n) is 4.05. The Morgan fingerprint density at radius 1 is 1.38 bits per heavy atom. The largest absolute Gasteiger partial charge is 0.487 e. The molecule has 2 aromatic rings. The van der Waals surface area contributed by atoms with Gasteiger partial charge in [0.1, 0.15) is 5.82 Å². The van der Waals surface area contributed by atoms with Crippen molar-refractivity contribution in [2.45, 2.75) is 6.42 Å². The third-order valence-corrected chi connectivity index (χ3v) is 2.74. The first-order valence-corrected chi connectivity index (χ1v) is 5.95. The number of pyridine rings is 1. The minimum absolute atomic E-state index is 0.0362. The van der Waals surface area contributed by atoms with Crippen LogP contribution in [0.1, 0.15) is 21.9 Å². The van der Waals surface area contributed by atoms with Crippen LogP contribution in [0.15, 0.2) is 23.1 Å². The van der Waals surface area contributed by atoms with Crippen LogP contribution in [0.3, 0.4) is 0 Å². The Labute approximate surface area is 119 Å². The van der Waals surface area contributed by atoms with Crippen LogP contribution >= 0.6 is 0 Å². The zero-order chi connectivity index (χ0) is 15.4. The summed E-state index contributed by atoms with van der Waals surface area (Å²) in [4.78, 5) is 33.3. The first-order chi connectivity index (χ1) is 10.1. The number of rotatable bonds is 5. The molecule has 0 aromatic carbocycles. The third-order valence-electron chi connectivity index (χ3n) is 2.74. The van der Waals surface area contributed by atoms with Gasteiger partial charge in [0.2, 0.25) is 5.75 Å². The maximum atomic E-state index is 11.8. The van der Waals surface area contributed by atoms with E-state index in [9.17, 15) is 9.59 Å². The topological polar surface area (TPSA) is 114 Å². The molecule has 0 atom stereocenters. The highest BCUT2D eigenvalue weighted by Crippen LogP contribution is 2.19. The molecule has 8 heteroatoms. The van der Waals surface area contributed by atoms with E-state index in [0.29, 0.717) is 5.56 Å². The van der Waals surface area contributed by atoms with Gasteiger partial charge in [0.15, 0.2) is 5.69 Å².